The number of nitrogens with one attached hydrogen (secondary N) is 1. The third-order valence-corrected chi connectivity index (χ3v) is 3.02. The fraction of sp³-hybridized carbons (Fsp3) is 0.562. The number of ether oxygens (including phenoxy) is 1. The van der Waals surface area contributed by atoms with E-state index in [9.17, 15) is 0 Å². The van der Waals surface area contributed by atoms with Crippen LogP contribution in [0.1, 0.15) is 45.1 Å². The lowest BCUT2D eigenvalue weighted by molar-refractivity contribution is 0.322. The topological polar surface area (TPSA) is 59.6 Å². The predicted octanol–water partition coefficient (Wildman–Crippen LogP) is 3.51. The normalized spacial score (nSPS) is 11.1. The molecule has 0 saturated carbocycles. The first-order valence-corrected chi connectivity index (χ1v) is 7.40. The van der Waals surface area contributed by atoms with Crippen LogP contribution in [0.2, 0.25) is 0 Å². The van der Waals surface area contributed by atoms with Gasteiger partial charge in [-0.05, 0) is 30.0 Å². The Hall–Kier alpha value is -0.980. The molecule has 0 atom stereocenters. The highest BCUT2D eigenvalue weighted by Crippen LogP contribution is 2.18. The number of nitrogens with zero attached hydrogens (tertiary/aromatic N) is 1. The van der Waals surface area contributed by atoms with E-state index in [0.717, 1.165) is 25.1 Å². The first-order valence-electron chi connectivity index (χ1n) is 7.40. The highest BCUT2D eigenvalue weighted by molar-refractivity contribution is 14.0. The number of rotatable bonds is 8. The molecule has 4 nitrogen and oxygen atoms in total. The number of guanidine groups is 1. The van der Waals surface area contributed by atoms with Gasteiger partial charge in [-0.25, -0.2) is 0 Å². The molecule has 0 unspecified atom stereocenters. The van der Waals surface area contributed by atoms with Crippen LogP contribution in [0.4, 0.5) is 0 Å². The van der Waals surface area contributed by atoms with Gasteiger partial charge >= 0.3 is 0 Å². The van der Waals surface area contributed by atoms with E-state index in [1.165, 1.54) is 5.56 Å². The number of nitrogens with two attached hydrogens (primary N) is 1. The summed E-state index contributed by atoms with van der Waals surface area (Å²) >= 11 is 0. The maximum atomic E-state index is 5.73. The molecular formula is C16H28IN3O. The zero-order chi connectivity index (χ0) is 14.8. The van der Waals surface area contributed by atoms with Crippen molar-refractivity contribution < 1.29 is 4.74 Å². The third kappa shape index (κ3) is 8.80. The molecular weight excluding hydrogens is 377 g/mol. The predicted molar refractivity (Wildman–Crippen MR) is 101 cm³/mol. The molecule has 0 aliphatic rings. The highest BCUT2D eigenvalue weighted by Gasteiger charge is 1.99. The Kier molecular flexibility index (Phi) is 11.1. The van der Waals surface area contributed by atoms with Gasteiger partial charge in [0, 0.05) is 6.54 Å². The smallest absolute Gasteiger partial charge is 0.188 e. The fourth-order valence-corrected chi connectivity index (χ4v) is 1.71. The second kappa shape index (κ2) is 11.7. The molecule has 0 spiro atoms. The number of benzene rings is 1. The Labute approximate surface area is 145 Å². The van der Waals surface area contributed by atoms with Crippen molar-refractivity contribution in [3.8, 4) is 5.75 Å². The molecule has 5 heteroatoms. The van der Waals surface area contributed by atoms with Crippen LogP contribution in [0.25, 0.3) is 0 Å². The second-order valence-corrected chi connectivity index (χ2v) is 5.12. The van der Waals surface area contributed by atoms with Crippen LogP contribution in [0, 0.1) is 0 Å². The van der Waals surface area contributed by atoms with Crippen LogP contribution in [-0.4, -0.2) is 25.7 Å². The van der Waals surface area contributed by atoms with Crippen LogP contribution >= 0.6 is 24.0 Å². The van der Waals surface area contributed by atoms with Crippen LogP contribution < -0.4 is 15.8 Å². The van der Waals surface area contributed by atoms with Crippen molar-refractivity contribution in [3.63, 3.8) is 0 Å². The number of hydrogen-bond donors (Lipinski definition) is 2. The first-order chi connectivity index (χ1) is 9.63. The summed E-state index contributed by atoms with van der Waals surface area (Å²) in [6.07, 6.45) is 2.20. The van der Waals surface area contributed by atoms with Gasteiger partial charge in [0.25, 0.3) is 0 Å². The Morgan fingerprint density at radius 2 is 1.95 bits per heavy atom. The summed E-state index contributed by atoms with van der Waals surface area (Å²) in [5.41, 5.74) is 7.05. The average Bonchev–Trinajstić information content (AvgIpc) is 2.44. The summed E-state index contributed by atoms with van der Waals surface area (Å²) in [4.78, 5) is 4.22. The number of halogens is 1. The molecule has 1 aromatic rings. The van der Waals surface area contributed by atoms with Crippen molar-refractivity contribution in [3.05, 3.63) is 29.8 Å². The first kappa shape index (κ1) is 20.0. The molecule has 0 bridgehead atoms. The molecule has 0 fully saturated rings. The van der Waals surface area contributed by atoms with E-state index in [4.69, 9.17) is 10.5 Å². The molecule has 3 N–H and O–H groups in total. The van der Waals surface area contributed by atoms with Crippen LogP contribution in [0.3, 0.4) is 0 Å². The monoisotopic (exact) mass is 405 g/mol. The standard InChI is InChI=1S/C16H27N3O.HI/c1-4-5-10-18-16(17)19-11-12-20-15-8-6-14(7-9-15)13(2)3;/h6-9,13H,4-5,10-12H2,1-3H3,(H3,17,18,19);1H. The fourth-order valence-electron chi connectivity index (χ4n) is 1.71. The Morgan fingerprint density at radius 3 is 2.52 bits per heavy atom. The maximum absolute atomic E-state index is 5.73. The van der Waals surface area contributed by atoms with E-state index in [-0.39, 0.29) is 24.0 Å². The molecule has 0 aromatic heterocycles. The average molecular weight is 405 g/mol. The van der Waals surface area contributed by atoms with Gasteiger partial charge < -0.3 is 15.8 Å². The summed E-state index contributed by atoms with van der Waals surface area (Å²) < 4.78 is 5.64. The molecule has 0 saturated heterocycles. The van der Waals surface area contributed by atoms with E-state index in [2.05, 4.69) is 43.2 Å². The summed E-state index contributed by atoms with van der Waals surface area (Å²) in [5.74, 6) is 1.93. The van der Waals surface area contributed by atoms with Gasteiger partial charge in [-0.2, -0.15) is 0 Å². The van der Waals surface area contributed by atoms with Crippen molar-refractivity contribution >= 4 is 29.9 Å². The Morgan fingerprint density at radius 1 is 1.29 bits per heavy atom. The third-order valence-electron chi connectivity index (χ3n) is 3.02. The number of aliphatic imine (C=N–C) groups is 1. The quantitative estimate of drug-likeness (QED) is 0.301. The summed E-state index contributed by atoms with van der Waals surface area (Å²) in [5, 5.41) is 3.04. The van der Waals surface area contributed by atoms with Crippen molar-refractivity contribution in [2.45, 2.75) is 39.5 Å². The van der Waals surface area contributed by atoms with E-state index >= 15 is 0 Å². The van der Waals surface area contributed by atoms with Gasteiger partial charge in [-0.15, -0.1) is 24.0 Å². The SMILES string of the molecule is CCCCN=C(N)NCCOc1ccc(C(C)C)cc1.I. The molecule has 1 rings (SSSR count). The molecule has 120 valence electrons. The van der Waals surface area contributed by atoms with Crippen molar-refractivity contribution in [1.82, 2.24) is 5.32 Å². The van der Waals surface area contributed by atoms with Crippen LogP contribution in [0.5, 0.6) is 5.75 Å². The zero-order valence-corrected chi connectivity index (χ0v) is 15.6. The molecule has 0 amide bonds. The molecule has 21 heavy (non-hydrogen) atoms. The summed E-state index contributed by atoms with van der Waals surface area (Å²) in [6, 6.07) is 8.23. The lowest BCUT2D eigenvalue weighted by atomic mass is 10.0. The second-order valence-electron chi connectivity index (χ2n) is 5.12. The minimum Gasteiger partial charge on any atom is -0.492 e. The maximum Gasteiger partial charge on any atom is 0.188 e. The van der Waals surface area contributed by atoms with Crippen molar-refractivity contribution in [2.75, 3.05) is 19.7 Å². The zero-order valence-electron chi connectivity index (χ0n) is 13.3. The number of unbranched alkanes of at least 4 members (excludes halogenated alkanes) is 1. The Bertz CT molecular complexity index is 404. The van der Waals surface area contributed by atoms with E-state index < -0.39 is 0 Å². The minimum absolute atomic E-state index is 0. The van der Waals surface area contributed by atoms with E-state index in [0.29, 0.717) is 25.0 Å². The molecule has 0 radical (unpaired) electrons. The summed E-state index contributed by atoms with van der Waals surface area (Å²) in [6.45, 7) is 8.52. The van der Waals surface area contributed by atoms with Crippen molar-refractivity contribution in [2.24, 2.45) is 10.7 Å². The number of hydrogen-bond acceptors (Lipinski definition) is 2. The Balaban J connectivity index is 0.00000400. The lowest BCUT2D eigenvalue weighted by Gasteiger charge is -2.10. The molecule has 1 aromatic carbocycles. The van der Waals surface area contributed by atoms with Gasteiger partial charge in [-0.3, -0.25) is 4.99 Å². The molecule has 0 heterocycles. The summed E-state index contributed by atoms with van der Waals surface area (Å²) in [7, 11) is 0. The van der Waals surface area contributed by atoms with Gasteiger partial charge in [0.15, 0.2) is 5.96 Å². The van der Waals surface area contributed by atoms with Gasteiger partial charge in [0.1, 0.15) is 12.4 Å². The molecule has 0 aliphatic heterocycles. The van der Waals surface area contributed by atoms with Gasteiger partial charge in [-0.1, -0.05) is 39.3 Å². The van der Waals surface area contributed by atoms with Crippen LogP contribution in [-0.2, 0) is 0 Å². The minimum atomic E-state index is 0. The largest absolute Gasteiger partial charge is 0.492 e. The van der Waals surface area contributed by atoms with E-state index in [1.54, 1.807) is 0 Å². The lowest BCUT2D eigenvalue weighted by Crippen LogP contribution is -2.34. The van der Waals surface area contributed by atoms with Crippen molar-refractivity contribution in [1.29, 1.82) is 0 Å². The van der Waals surface area contributed by atoms with Crippen LogP contribution in [0.15, 0.2) is 29.3 Å². The molecule has 0 aliphatic carbocycles. The van der Waals surface area contributed by atoms with Gasteiger partial charge in [0.2, 0.25) is 0 Å². The van der Waals surface area contributed by atoms with Gasteiger partial charge in [0.05, 0.1) is 6.54 Å². The van der Waals surface area contributed by atoms with E-state index in [1.807, 2.05) is 12.1 Å². The highest BCUT2D eigenvalue weighted by atomic mass is 127.